The molecule has 52 heavy (non-hydrogen) atoms. The standard InChI is InChI=1S/3C14H11NO2.Ir/c3*16-14(17)12-8-4-5-9-13(12)15-10-11-6-2-1-3-7-11;/h3*1-10H,(H,16,17);/q;;;+3/p-3. The maximum Gasteiger partial charge on any atom is 3.00 e. The van der Waals surface area contributed by atoms with E-state index in [1.54, 1.807) is 73.2 Å². The number of hydrogen-bond donors (Lipinski definition) is 0. The molecular formula is C42H30IrN3O6. The molecule has 0 aromatic heterocycles. The number of nitrogens with zero attached hydrogens (tertiary/aromatic N) is 3. The summed E-state index contributed by atoms with van der Waals surface area (Å²) in [6, 6.07) is 48.0. The van der Waals surface area contributed by atoms with E-state index in [0.717, 1.165) is 16.7 Å². The van der Waals surface area contributed by atoms with Gasteiger partial charge in [0.2, 0.25) is 0 Å². The molecule has 6 aromatic rings. The van der Waals surface area contributed by atoms with Crippen LogP contribution in [-0.4, -0.2) is 36.6 Å². The summed E-state index contributed by atoms with van der Waals surface area (Å²) in [5, 5.41) is 32.5. The molecule has 0 N–H and O–H groups in total. The Bertz CT molecular complexity index is 1890. The molecule has 0 radical (unpaired) electrons. The SMILES string of the molecule is O=C([O-])c1ccccc1N=Cc1ccccc1.O=C([O-])c1ccccc1N=Cc1ccccc1.O=C([O-])c1ccccc1N=Cc1ccccc1.[Ir+3]. The summed E-state index contributed by atoms with van der Waals surface area (Å²) in [5.41, 5.74) is 4.24. The Morgan fingerprint density at radius 2 is 0.558 bits per heavy atom. The van der Waals surface area contributed by atoms with Crippen LogP contribution >= 0.6 is 0 Å². The van der Waals surface area contributed by atoms with Crippen molar-refractivity contribution in [3.05, 3.63) is 197 Å². The second-order valence-corrected chi connectivity index (χ2v) is 10.4. The molecule has 0 saturated heterocycles. The van der Waals surface area contributed by atoms with Crippen molar-refractivity contribution in [3.63, 3.8) is 0 Å². The van der Waals surface area contributed by atoms with Gasteiger partial charge in [-0.1, -0.05) is 146 Å². The summed E-state index contributed by atoms with van der Waals surface area (Å²) in [4.78, 5) is 45.0. The number of aromatic carboxylic acids is 3. The molecule has 0 amide bonds. The second kappa shape index (κ2) is 21.5. The predicted molar refractivity (Wildman–Crippen MR) is 193 cm³/mol. The number of carboxylic acids is 3. The van der Waals surface area contributed by atoms with E-state index in [0.29, 0.717) is 17.1 Å². The fourth-order valence-electron chi connectivity index (χ4n) is 4.33. The molecule has 0 heterocycles. The number of benzene rings is 6. The quantitative estimate of drug-likeness (QED) is 0.177. The summed E-state index contributed by atoms with van der Waals surface area (Å²) in [5.74, 6) is -3.65. The Balaban J connectivity index is 0.000000208. The minimum atomic E-state index is -1.22. The number of rotatable bonds is 9. The molecule has 0 aliphatic heterocycles. The van der Waals surface area contributed by atoms with E-state index in [-0.39, 0.29) is 36.8 Å². The van der Waals surface area contributed by atoms with E-state index in [1.807, 2.05) is 91.0 Å². The minimum absolute atomic E-state index is 0. The van der Waals surface area contributed by atoms with Crippen LogP contribution in [0.15, 0.2) is 179 Å². The Morgan fingerprint density at radius 1 is 0.346 bits per heavy atom. The van der Waals surface area contributed by atoms with Crippen LogP contribution in [0.25, 0.3) is 0 Å². The van der Waals surface area contributed by atoms with Crippen LogP contribution in [0.2, 0.25) is 0 Å². The van der Waals surface area contributed by atoms with Gasteiger partial charge in [-0.05, 0) is 34.9 Å². The van der Waals surface area contributed by atoms with Crippen molar-refractivity contribution in [1.29, 1.82) is 0 Å². The number of aliphatic imine (C=N–C) groups is 3. The molecule has 6 aromatic carbocycles. The van der Waals surface area contributed by atoms with Crippen LogP contribution in [0.4, 0.5) is 17.1 Å². The first-order valence-electron chi connectivity index (χ1n) is 15.5. The summed E-state index contributed by atoms with van der Waals surface area (Å²) < 4.78 is 0. The molecule has 0 aliphatic carbocycles. The van der Waals surface area contributed by atoms with Gasteiger partial charge in [-0.3, -0.25) is 15.0 Å². The third-order valence-corrected chi connectivity index (χ3v) is 6.83. The van der Waals surface area contributed by atoms with Gasteiger partial charge in [0.15, 0.2) is 0 Å². The summed E-state index contributed by atoms with van der Waals surface area (Å²) in [6.07, 6.45) is 4.88. The third kappa shape index (κ3) is 13.0. The van der Waals surface area contributed by atoms with Gasteiger partial charge in [-0.25, -0.2) is 0 Å². The normalized spacial score (nSPS) is 10.4. The number of carbonyl (C=O) groups excluding carboxylic acids is 3. The molecule has 0 unspecified atom stereocenters. The molecule has 258 valence electrons. The van der Waals surface area contributed by atoms with E-state index in [2.05, 4.69) is 15.0 Å². The molecule has 0 fully saturated rings. The summed E-state index contributed by atoms with van der Waals surface area (Å²) in [6.45, 7) is 0. The van der Waals surface area contributed by atoms with E-state index in [4.69, 9.17) is 0 Å². The van der Waals surface area contributed by atoms with Crippen molar-refractivity contribution >= 4 is 53.6 Å². The van der Waals surface area contributed by atoms with Crippen molar-refractivity contribution in [3.8, 4) is 0 Å². The maximum absolute atomic E-state index is 10.8. The fourth-order valence-corrected chi connectivity index (χ4v) is 4.33. The first kappa shape index (κ1) is 39.8. The Hall–Kier alpha value is -6.61. The maximum atomic E-state index is 10.8. The van der Waals surface area contributed by atoms with Crippen LogP contribution in [0, 0.1) is 0 Å². The average Bonchev–Trinajstić information content (AvgIpc) is 3.17. The van der Waals surface area contributed by atoms with E-state index in [1.165, 1.54) is 18.2 Å². The van der Waals surface area contributed by atoms with Crippen LogP contribution in [0.1, 0.15) is 47.8 Å². The fraction of sp³-hybridized carbons (Fsp3) is 0. The smallest absolute Gasteiger partial charge is 0.545 e. The number of carboxylic acid groups (broad SMARTS) is 3. The Labute approximate surface area is 314 Å². The van der Waals surface area contributed by atoms with E-state index in [9.17, 15) is 29.7 Å². The van der Waals surface area contributed by atoms with Gasteiger partial charge < -0.3 is 29.7 Å². The van der Waals surface area contributed by atoms with Crippen molar-refractivity contribution in [2.24, 2.45) is 15.0 Å². The zero-order chi connectivity index (χ0) is 36.3. The number of carbonyl (C=O) groups is 3. The van der Waals surface area contributed by atoms with Gasteiger partial charge in [0.1, 0.15) is 0 Å². The largest absolute Gasteiger partial charge is 3.00 e. The number of para-hydroxylation sites is 3. The molecule has 0 bridgehead atoms. The molecule has 9 nitrogen and oxygen atoms in total. The van der Waals surface area contributed by atoms with Gasteiger partial charge in [0.25, 0.3) is 0 Å². The topological polar surface area (TPSA) is 157 Å². The first-order valence-corrected chi connectivity index (χ1v) is 15.5. The number of hydrogen-bond acceptors (Lipinski definition) is 9. The van der Waals surface area contributed by atoms with Gasteiger partial charge >= 0.3 is 20.1 Å². The van der Waals surface area contributed by atoms with Gasteiger partial charge in [0.05, 0.1) is 35.0 Å². The van der Waals surface area contributed by atoms with Gasteiger partial charge in [-0.2, -0.15) is 0 Å². The van der Waals surface area contributed by atoms with Crippen molar-refractivity contribution in [1.82, 2.24) is 0 Å². The van der Waals surface area contributed by atoms with Crippen molar-refractivity contribution in [2.75, 3.05) is 0 Å². The van der Waals surface area contributed by atoms with E-state index >= 15 is 0 Å². The van der Waals surface area contributed by atoms with Crippen LogP contribution in [0.5, 0.6) is 0 Å². The summed E-state index contributed by atoms with van der Waals surface area (Å²) >= 11 is 0. The third-order valence-electron chi connectivity index (χ3n) is 6.83. The van der Waals surface area contributed by atoms with Crippen LogP contribution in [-0.2, 0) is 20.1 Å². The molecule has 0 saturated carbocycles. The molecule has 0 spiro atoms. The van der Waals surface area contributed by atoms with Crippen molar-refractivity contribution in [2.45, 2.75) is 0 Å². The second-order valence-electron chi connectivity index (χ2n) is 10.4. The van der Waals surface area contributed by atoms with Crippen molar-refractivity contribution < 1.29 is 49.8 Å². The zero-order valence-corrected chi connectivity index (χ0v) is 29.8. The predicted octanol–water partition coefficient (Wildman–Crippen LogP) is 5.40. The van der Waals surface area contributed by atoms with Gasteiger partial charge in [0, 0.05) is 35.3 Å². The molecular weight excluding hydrogens is 835 g/mol. The minimum Gasteiger partial charge on any atom is -0.545 e. The monoisotopic (exact) mass is 865 g/mol. The molecule has 10 heteroatoms. The first-order chi connectivity index (χ1) is 24.8. The molecule has 0 atom stereocenters. The van der Waals surface area contributed by atoms with E-state index < -0.39 is 17.9 Å². The summed E-state index contributed by atoms with van der Waals surface area (Å²) in [7, 11) is 0. The average molecular weight is 865 g/mol. The van der Waals surface area contributed by atoms with Crippen LogP contribution in [0.3, 0.4) is 0 Å². The van der Waals surface area contributed by atoms with Gasteiger partial charge in [-0.15, -0.1) is 0 Å². The Morgan fingerprint density at radius 3 is 0.788 bits per heavy atom. The van der Waals surface area contributed by atoms with Crippen LogP contribution < -0.4 is 15.3 Å². The molecule has 6 rings (SSSR count). The Kier molecular flexibility index (Phi) is 16.4. The molecule has 0 aliphatic rings. The zero-order valence-electron chi connectivity index (χ0n) is 27.4.